The molecular formula is C16H21N3O4. The lowest BCUT2D eigenvalue weighted by molar-refractivity contribution is -0.129. The van der Waals surface area contributed by atoms with E-state index >= 15 is 0 Å². The van der Waals surface area contributed by atoms with Crippen LogP contribution in [-0.4, -0.2) is 41.4 Å². The van der Waals surface area contributed by atoms with Gasteiger partial charge in [0.25, 0.3) is 0 Å². The quantitative estimate of drug-likeness (QED) is 0.837. The van der Waals surface area contributed by atoms with E-state index in [1.807, 2.05) is 30.3 Å². The third-order valence-corrected chi connectivity index (χ3v) is 3.78. The summed E-state index contributed by atoms with van der Waals surface area (Å²) in [7, 11) is 0. The van der Waals surface area contributed by atoms with Gasteiger partial charge in [-0.3, -0.25) is 14.5 Å². The van der Waals surface area contributed by atoms with Crippen molar-refractivity contribution in [3.05, 3.63) is 35.9 Å². The van der Waals surface area contributed by atoms with Crippen molar-refractivity contribution >= 4 is 17.9 Å². The Morgan fingerprint density at radius 3 is 2.70 bits per heavy atom. The summed E-state index contributed by atoms with van der Waals surface area (Å²) in [5.41, 5.74) is 6.01. The van der Waals surface area contributed by atoms with Gasteiger partial charge in [0, 0.05) is 6.54 Å². The standard InChI is InChI=1S/C16H21N3O4/c1-11(14(17)20)18-15(21)13-8-5-9-19(13)16(22)23-10-12-6-3-2-4-7-12/h2-4,6-7,11,13H,5,8-10H2,1H3,(H2,17,20)(H,18,21)/t11-,13-/m0/s1. The molecule has 1 fully saturated rings. The van der Waals surface area contributed by atoms with Gasteiger partial charge in [-0.25, -0.2) is 4.79 Å². The largest absolute Gasteiger partial charge is 0.445 e. The van der Waals surface area contributed by atoms with Crippen LogP contribution in [0.15, 0.2) is 30.3 Å². The van der Waals surface area contributed by atoms with E-state index in [1.165, 1.54) is 11.8 Å². The monoisotopic (exact) mass is 319 g/mol. The molecule has 1 aliphatic rings. The maximum atomic E-state index is 12.2. The molecule has 23 heavy (non-hydrogen) atoms. The number of nitrogens with one attached hydrogen (secondary N) is 1. The van der Waals surface area contributed by atoms with Crippen molar-refractivity contribution in [1.29, 1.82) is 0 Å². The average Bonchev–Trinajstić information content (AvgIpc) is 3.03. The second kappa shape index (κ2) is 7.62. The Kier molecular flexibility index (Phi) is 5.56. The molecule has 2 atom stereocenters. The number of hydrogen-bond acceptors (Lipinski definition) is 4. The van der Waals surface area contributed by atoms with Crippen LogP contribution in [0.3, 0.4) is 0 Å². The minimum absolute atomic E-state index is 0.155. The van der Waals surface area contributed by atoms with E-state index in [4.69, 9.17) is 10.5 Å². The predicted octanol–water partition coefficient (Wildman–Crippen LogP) is 0.778. The second-order valence-corrected chi connectivity index (χ2v) is 5.52. The molecule has 0 aliphatic carbocycles. The highest BCUT2D eigenvalue weighted by atomic mass is 16.6. The van der Waals surface area contributed by atoms with Crippen molar-refractivity contribution in [3.8, 4) is 0 Å². The minimum Gasteiger partial charge on any atom is -0.445 e. The van der Waals surface area contributed by atoms with Gasteiger partial charge in [-0.1, -0.05) is 30.3 Å². The van der Waals surface area contributed by atoms with Gasteiger partial charge in [0.2, 0.25) is 11.8 Å². The molecule has 1 saturated heterocycles. The van der Waals surface area contributed by atoms with Crippen LogP contribution < -0.4 is 11.1 Å². The highest BCUT2D eigenvalue weighted by molar-refractivity contribution is 5.90. The number of benzene rings is 1. The van der Waals surface area contributed by atoms with Gasteiger partial charge in [0.15, 0.2) is 0 Å². The van der Waals surface area contributed by atoms with Crippen LogP contribution in [0.1, 0.15) is 25.3 Å². The van der Waals surface area contributed by atoms with Crippen LogP contribution in [0.5, 0.6) is 0 Å². The number of carbonyl (C=O) groups is 3. The molecule has 0 bridgehead atoms. The lowest BCUT2D eigenvalue weighted by atomic mass is 10.2. The summed E-state index contributed by atoms with van der Waals surface area (Å²) >= 11 is 0. The molecule has 0 unspecified atom stereocenters. The number of hydrogen-bond donors (Lipinski definition) is 2. The van der Waals surface area contributed by atoms with Crippen molar-refractivity contribution < 1.29 is 19.1 Å². The van der Waals surface area contributed by atoms with E-state index < -0.39 is 24.1 Å². The summed E-state index contributed by atoms with van der Waals surface area (Å²) in [6.07, 6.45) is 0.722. The number of nitrogens with two attached hydrogens (primary N) is 1. The normalized spacial score (nSPS) is 18.3. The molecule has 3 N–H and O–H groups in total. The van der Waals surface area contributed by atoms with Gasteiger partial charge in [-0.05, 0) is 25.3 Å². The van der Waals surface area contributed by atoms with Gasteiger partial charge in [0.05, 0.1) is 0 Å². The summed E-state index contributed by atoms with van der Waals surface area (Å²) in [6.45, 7) is 2.12. The Hall–Kier alpha value is -2.57. The van der Waals surface area contributed by atoms with Crippen LogP contribution >= 0.6 is 0 Å². The molecule has 0 spiro atoms. The third kappa shape index (κ3) is 4.45. The molecule has 7 heteroatoms. The number of primary amides is 1. The van der Waals surface area contributed by atoms with Crippen molar-refractivity contribution in [2.75, 3.05) is 6.54 Å². The Labute approximate surface area is 134 Å². The minimum atomic E-state index is -0.773. The molecule has 1 aromatic rings. The van der Waals surface area contributed by atoms with E-state index in [9.17, 15) is 14.4 Å². The van der Waals surface area contributed by atoms with Crippen LogP contribution in [0.4, 0.5) is 4.79 Å². The molecule has 1 heterocycles. The van der Waals surface area contributed by atoms with E-state index in [0.29, 0.717) is 19.4 Å². The maximum Gasteiger partial charge on any atom is 0.410 e. The topological polar surface area (TPSA) is 102 Å². The molecule has 7 nitrogen and oxygen atoms in total. The lowest BCUT2D eigenvalue weighted by Crippen LogP contribution is -2.51. The van der Waals surface area contributed by atoms with Crippen LogP contribution in [-0.2, 0) is 20.9 Å². The van der Waals surface area contributed by atoms with E-state index in [2.05, 4.69) is 5.32 Å². The van der Waals surface area contributed by atoms with Crippen LogP contribution in [0, 0.1) is 0 Å². The van der Waals surface area contributed by atoms with E-state index in [-0.39, 0.29) is 12.5 Å². The Balaban J connectivity index is 1.91. The molecule has 124 valence electrons. The molecular weight excluding hydrogens is 298 g/mol. The van der Waals surface area contributed by atoms with Gasteiger partial charge in [-0.15, -0.1) is 0 Å². The molecule has 0 radical (unpaired) electrons. The zero-order valence-electron chi connectivity index (χ0n) is 13.0. The fraction of sp³-hybridized carbons (Fsp3) is 0.438. The number of amides is 3. The number of ether oxygens (including phenoxy) is 1. The summed E-state index contributed by atoms with van der Waals surface area (Å²) in [4.78, 5) is 36.8. The van der Waals surface area contributed by atoms with Crippen molar-refractivity contribution in [2.45, 2.75) is 38.5 Å². The first-order chi connectivity index (χ1) is 11.0. The molecule has 1 aliphatic heterocycles. The SMILES string of the molecule is C[C@H](NC(=O)[C@@H]1CCCN1C(=O)OCc1ccccc1)C(N)=O. The molecule has 0 saturated carbocycles. The van der Waals surface area contributed by atoms with Crippen molar-refractivity contribution in [3.63, 3.8) is 0 Å². The van der Waals surface area contributed by atoms with Gasteiger partial charge in [0.1, 0.15) is 18.7 Å². The van der Waals surface area contributed by atoms with E-state index in [0.717, 1.165) is 5.56 Å². The van der Waals surface area contributed by atoms with E-state index in [1.54, 1.807) is 0 Å². The summed E-state index contributed by atoms with van der Waals surface area (Å²) in [5.74, 6) is -1.000. The predicted molar refractivity (Wildman–Crippen MR) is 83.2 cm³/mol. The maximum absolute atomic E-state index is 12.2. The van der Waals surface area contributed by atoms with Crippen molar-refractivity contribution in [1.82, 2.24) is 10.2 Å². The Morgan fingerprint density at radius 1 is 1.35 bits per heavy atom. The summed E-state index contributed by atoms with van der Waals surface area (Å²) in [5, 5.41) is 2.52. The first kappa shape index (κ1) is 16.8. The third-order valence-electron chi connectivity index (χ3n) is 3.78. The fourth-order valence-electron chi connectivity index (χ4n) is 2.44. The molecule has 0 aromatic heterocycles. The highest BCUT2D eigenvalue weighted by Gasteiger charge is 2.35. The van der Waals surface area contributed by atoms with Gasteiger partial charge in [-0.2, -0.15) is 0 Å². The average molecular weight is 319 g/mol. The van der Waals surface area contributed by atoms with Crippen molar-refractivity contribution in [2.24, 2.45) is 5.73 Å². The zero-order chi connectivity index (χ0) is 16.8. The molecule has 2 rings (SSSR count). The Bertz CT molecular complexity index is 576. The molecule has 3 amide bonds. The number of likely N-dealkylation sites (tertiary alicyclic amines) is 1. The van der Waals surface area contributed by atoms with Gasteiger partial charge < -0.3 is 15.8 Å². The number of rotatable bonds is 5. The number of carbonyl (C=O) groups excluding carboxylic acids is 3. The zero-order valence-corrected chi connectivity index (χ0v) is 13.0. The first-order valence-electron chi connectivity index (χ1n) is 7.56. The van der Waals surface area contributed by atoms with Crippen LogP contribution in [0.25, 0.3) is 0 Å². The van der Waals surface area contributed by atoms with Gasteiger partial charge >= 0.3 is 6.09 Å². The lowest BCUT2D eigenvalue weighted by Gasteiger charge is -2.24. The second-order valence-electron chi connectivity index (χ2n) is 5.52. The smallest absolute Gasteiger partial charge is 0.410 e. The first-order valence-corrected chi connectivity index (χ1v) is 7.56. The number of nitrogens with zero attached hydrogens (tertiary/aromatic N) is 1. The summed E-state index contributed by atoms with van der Waals surface area (Å²) < 4.78 is 5.26. The summed E-state index contributed by atoms with van der Waals surface area (Å²) in [6, 6.07) is 7.92. The Morgan fingerprint density at radius 2 is 2.04 bits per heavy atom. The highest BCUT2D eigenvalue weighted by Crippen LogP contribution is 2.19. The van der Waals surface area contributed by atoms with Crippen LogP contribution in [0.2, 0.25) is 0 Å². The molecule has 1 aromatic carbocycles. The fourth-order valence-corrected chi connectivity index (χ4v) is 2.44.